The molecule has 0 heterocycles. The van der Waals surface area contributed by atoms with E-state index in [4.69, 9.17) is 38.6 Å². The van der Waals surface area contributed by atoms with Gasteiger partial charge in [0.1, 0.15) is 5.75 Å². The Kier molecular flexibility index (Phi) is 6.74. The molecule has 1 aromatic carbocycles. The Bertz CT molecular complexity index is 497. The summed E-state index contributed by atoms with van der Waals surface area (Å²) >= 11 is 11.7. The molecule has 0 amide bonds. The third-order valence-corrected chi connectivity index (χ3v) is 4.19. The first-order valence-electron chi connectivity index (χ1n) is 5.77. The number of benzene rings is 1. The predicted octanol–water partition coefficient (Wildman–Crippen LogP) is 4.36. The van der Waals surface area contributed by atoms with Gasteiger partial charge in [0, 0.05) is 20.7 Å². The van der Waals surface area contributed by atoms with Crippen LogP contribution in [0, 0.1) is 5.92 Å². The van der Waals surface area contributed by atoms with Crippen LogP contribution in [0.1, 0.15) is 19.8 Å². The fourth-order valence-corrected chi connectivity index (χ4v) is 2.93. The molecule has 0 saturated heterocycles. The summed E-state index contributed by atoms with van der Waals surface area (Å²) in [6, 6.07) is 4.99. The molecular weight excluding hydrogens is 331 g/mol. The van der Waals surface area contributed by atoms with Crippen molar-refractivity contribution in [3.63, 3.8) is 0 Å². The normalized spacial score (nSPS) is 13.3. The zero-order valence-electron chi connectivity index (χ0n) is 10.4. The Hall–Kier alpha value is -0.160. The van der Waals surface area contributed by atoms with E-state index in [0.29, 0.717) is 28.8 Å². The lowest BCUT2D eigenvalue weighted by Gasteiger charge is -2.11. The second kappa shape index (κ2) is 7.58. The van der Waals surface area contributed by atoms with Crippen molar-refractivity contribution >= 4 is 42.9 Å². The highest BCUT2D eigenvalue weighted by molar-refractivity contribution is 8.13. The molecule has 0 fully saturated rings. The van der Waals surface area contributed by atoms with Gasteiger partial charge in [-0.05, 0) is 37.0 Å². The Balaban J connectivity index is 2.33. The molecule has 19 heavy (non-hydrogen) atoms. The van der Waals surface area contributed by atoms with E-state index in [1.165, 1.54) is 0 Å². The minimum absolute atomic E-state index is 0.0152. The van der Waals surface area contributed by atoms with Crippen molar-refractivity contribution < 1.29 is 13.2 Å². The highest BCUT2D eigenvalue weighted by Crippen LogP contribution is 2.24. The molecule has 0 N–H and O–H groups in total. The summed E-state index contributed by atoms with van der Waals surface area (Å²) in [7, 11) is 1.74. The van der Waals surface area contributed by atoms with Crippen LogP contribution in [-0.2, 0) is 9.05 Å². The van der Waals surface area contributed by atoms with Crippen molar-refractivity contribution in [3.8, 4) is 5.75 Å². The maximum absolute atomic E-state index is 10.8. The first-order valence-corrected chi connectivity index (χ1v) is 9.01. The third-order valence-electron chi connectivity index (χ3n) is 2.57. The molecule has 1 unspecified atom stereocenters. The monoisotopic (exact) mass is 344 g/mol. The maximum Gasteiger partial charge on any atom is 0.232 e. The second-order valence-corrected chi connectivity index (χ2v) is 8.15. The summed E-state index contributed by atoms with van der Waals surface area (Å²) < 4.78 is 27.1. The standard InChI is InChI=1S/C12H15Cl3O3S/c1-9(3-5-19(15,16)17)2-4-18-12-7-10(13)6-11(14)8-12/h6-9H,2-5H2,1H3. The molecule has 1 aromatic rings. The van der Waals surface area contributed by atoms with Crippen LogP contribution in [0.4, 0.5) is 0 Å². The second-order valence-electron chi connectivity index (χ2n) is 4.38. The Morgan fingerprint density at radius 1 is 1.16 bits per heavy atom. The summed E-state index contributed by atoms with van der Waals surface area (Å²) in [4.78, 5) is 0. The Labute approximate surface area is 128 Å². The lowest BCUT2D eigenvalue weighted by Crippen LogP contribution is -2.08. The zero-order valence-corrected chi connectivity index (χ0v) is 13.5. The van der Waals surface area contributed by atoms with Gasteiger partial charge in [0.05, 0.1) is 12.4 Å². The van der Waals surface area contributed by atoms with Crippen molar-refractivity contribution in [3.05, 3.63) is 28.2 Å². The number of ether oxygens (including phenoxy) is 1. The number of halogens is 3. The highest BCUT2D eigenvalue weighted by atomic mass is 35.7. The molecule has 0 aliphatic rings. The average molecular weight is 346 g/mol. The Morgan fingerprint density at radius 3 is 2.26 bits per heavy atom. The van der Waals surface area contributed by atoms with Gasteiger partial charge in [0.25, 0.3) is 0 Å². The lowest BCUT2D eigenvalue weighted by molar-refractivity contribution is 0.282. The van der Waals surface area contributed by atoms with E-state index in [1.807, 2.05) is 6.92 Å². The van der Waals surface area contributed by atoms with Crippen molar-refractivity contribution in [2.75, 3.05) is 12.4 Å². The molecule has 0 radical (unpaired) electrons. The fourth-order valence-electron chi connectivity index (χ4n) is 1.48. The van der Waals surface area contributed by atoms with Gasteiger partial charge in [-0.15, -0.1) is 0 Å². The largest absolute Gasteiger partial charge is 0.493 e. The molecule has 0 spiro atoms. The molecule has 0 saturated carbocycles. The van der Waals surface area contributed by atoms with Crippen molar-refractivity contribution in [1.82, 2.24) is 0 Å². The van der Waals surface area contributed by atoms with Crippen LogP contribution in [0.3, 0.4) is 0 Å². The van der Waals surface area contributed by atoms with Crippen molar-refractivity contribution in [2.45, 2.75) is 19.8 Å². The smallest absolute Gasteiger partial charge is 0.232 e. The van der Waals surface area contributed by atoms with E-state index >= 15 is 0 Å². The van der Waals surface area contributed by atoms with Gasteiger partial charge in [-0.3, -0.25) is 0 Å². The van der Waals surface area contributed by atoms with E-state index in [1.54, 1.807) is 18.2 Å². The fraction of sp³-hybridized carbons (Fsp3) is 0.500. The number of hydrogen-bond donors (Lipinski definition) is 0. The third kappa shape index (κ3) is 7.88. The van der Waals surface area contributed by atoms with Crippen LogP contribution in [0.2, 0.25) is 10.0 Å². The van der Waals surface area contributed by atoms with E-state index in [0.717, 1.165) is 6.42 Å². The molecule has 1 rings (SSSR count). The van der Waals surface area contributed by atoms with Crippen molar-refractivity contribution in [1.29, 1.82) is 0 Å². The topological polar surface area (TPSA) is 43.4 Å². The highest BCUT2D eigenvalue weighted by Gasteiger charge is 2.10. The SMILES string of the molecule is CC(CCOc1cc(Cl)cc(Cl)c1)CCS(=O)(=O)Cl. The van der Waals surface area contributed by atoms with Gasteiger partial charge < -0.3 is 4.74 Å². The van der Waals surface area contributed by atoms with Gasteiger partial charge >= 0.3 is 0 Å². The maximum atomic E-state index is 10.8. The molecule has 7 heteroatoms. The average Bonchev–Trinajstić information content (AvgIpc) is 2.24. The van der Waals surface area contributed by atoms with Crippen LogP contribution in [0.15, 0.2) is 18.2 Å². The summed E-state index contributed by atoms with van der Waals surface area (Å²) in [5, 5.41) is 1.03. The first kappa shape index (κ1) is 16.9. The van der Waals surface area contributed by atoms with Gasteiger partial charge in [0.15, 0.2) is 0 Å². The summed E-state index contributed by atoms with van der Waals surface area (Å²) in [6.07, 6.45) is 1.25. The van der Waals surface area contributed by atoms with Gasteiger partial charge in [-0.1, -0.05) is 30.1 Å². The molecule has 0 aliphatic carbocycles. The van der Waals surface area contributed by atoms with Crippen LogP contribution in [0.5, 0.6) is 5.75 Å². The van der Waals surface area contributed by atoms with Crippen LogP contribution in [0.25, 0.3) is 0 Å². The van der Waals surface area contributed by atoms with E-state index in [-0.39, 0.29) is 11.7 Å². The van der Waals surface area contributed by atoms with Crippen LogP contribution in [-0.4, -0.2) is 20.8 Å². The summed E-state index contributed by atoms with van der Waals surface area (Å²) in [5.41, 5.74) is 0. The molecule has 0 aromatic heterocycles. The van der Waals surface area contributed by atoms with E-state index in [2.05, 4.69) is 0 Å². The number of rotatable bonds is 7. The van der Waals surface area contributed by atoms with E-state index < -0.39 is 9.05 Å². The zero-order chi connectivity index (χ0) is 14.5. The molecule has 3 nitrogen and oxygen atoms in total. The summed E-state index contributed by atoms with van der Waals surface area (Å²) in [5.74, 6) is 0.802. The van der Waals surface area contributed by atoms with Crippen LogP contribution < -0.4 is 4.74 Å². The molecule has 1 atom stereocenters. The van der Waals surface area contributed by atoms with Gasteiger partial charge in [-0.2, -0.15) is 0 Å². The number of hydrogen-bond acceptors (Lipinski definition) is 3. The predicted molar refractivity (Wildman–Crippen MR) is 80.0 cm³/mol. The van der Waals surface area contributed by atoms with Gasteiger partial charge in [-0.25, -0.2) is 8.42 Å². The molecule has 108 valence electrons. The van der Waals surface area contributed by atoms with E-state index in [9.17, 15) is 8.42 Å². The quantitative estimate of drug-likeness (QED) is 0.690. The molecule has 0 aliphatic heterocycles. The molecule has 0 bridgehead atoms. The Morgan fingerprint density at radius 2 is 1.74 bits per heavy atom. The first-order chi connectivity index (χ1) is 8.76. The van der Waals surface area contributed by atoms with Crippen LogP contribution >= 0.6 is 33.9 Å². The minimum Gasteiger partial charge on any atom is -0.493 e. The lowest BCUT2D eigenvalue weighted by atomic mass is 10.1. The summed E-state index contributed by atoms with van der Waals surface area (Å²) in [6.45, 7) is 2.43. The van der Waals surface area contributed by atoms with Crippen molar-refractivity contribution in [2.24, 2.45) is 5.92 Å². The molecular formula is C12H15Cl3O3S. The minimum atomic E-state index is -3.41. The van der Waals surface area contributed by atoms with Gasteiger partial charge in [0.2, 0.25) is 9.05 Å².